The Morgan fingerprint density at radius 2 is 1.52 bits per heavy atom. The van der Waals surface area contributed by atoms with Crippen LogP contribution in [0.5, 0.6) is 0 Å². The Morgan fingerprint density at radius 3 is 2.16 bits per heavy atom. The van der Waals surface area contributed by atoms with Crippen molar-refractivity contribution in [2.75, 3.05) is 26.2 Å². The molecule has 1 heterocycles. The quantitative estimate of drug-likeness (QED) is 0.844. The molecule has 0 unspecified atom stereocenters. The molecule has 0 aliphatic carbocycles. The molecule has 0 bridgehead atoms. The van der Waals surface area contributed by atoms with Gasteiger partial charge in [-0.25, -0.2) is 4.39 Å². The summed E-state index contributed by atoms with van der Waals surface area (Å²) in [5.74, 6) is -0.508. The maximum absolute atomic E-state index is 13.0. The highest BCUT2D eigenvalue weighted by Crippen LogP contribution is 2.17. The molecule has 2 aromatic carbocycles. The van der Waals surface area contributed by atoms with Gasteiger partial charge in [-0.2, -0.15) is 0 Å². The third-order valence-electron chi connectivity index (χ3n) is 4.31. The molecule has 0 aromatic heterocycles. The number of hydrogen-bond acceptors (Lipinski definition) is 2. The number of rotatable bonds is 3. The van der Waals surface area contributed by atoms with E-state index < -0.39 is 0 Å². The van der Waals surface area contributed by atoms with Gasteiger partial charge in [0.15, 0.2) is 0 Å². The van der Waals surface area contributed by atoms with Gasteiger partial charge in [-0.1, -0.05) is 29.8 Å². The first-order valence-electron chi connectivity index (χ1n) is 8.10. The van der Waals surface area contributed by atoms with Crippen LogP contribution in [-0.2, 0) is 11.2 Å². The molecule has 130 valence electrons. The molecule has 0 atom stereocenters. The summed E-state index contributed by atoms with van der Waals surface area (Å²) in [5.41, 5.74) is 1.26. The van der Waals surface area contributed by atoms with Crippen LogP contribution in [0.1, 0.15) is 15.9 Å². The van der Waals surface area contributed by atoms with Crippen LogP contribution in [0.15, 0.2) is 48.5 Å². The van der Waals surface area contributed by atoms with Crippen LogP contribution in [0.2, 0.25) is 5.02 Å². The Kier molecular flexibility index (Phi) is 5.34. The molecular weight excluding hydrogens is 343 g/mol. The molecule has 1 fully saturated rings. The second kappa shape index (κ2) is 7.66. The summed E-state index contributed by atoms with van der Waals surface area (Å²) in [4.78, 5) is 28.3. The van der Waals surface area contributed by atoms with Crippen LogP contribution in [0.25, 0.3) is 0 Å². The number of amides is 2. The van der Waals surface area contributed by atoms with Crippen molar-refractivity contribution < 1.29 is 14.0 Å². The fourth-order valence-corrected chi connectivity index (χ4v) is 3.05. The fourth-order valence-electron chi connectivity index (χ4n) is 2.85. The Morgan fingerprint density at radius 1 is 0.920 bits per heavy atom. The summed E-state index contributed by atoms with van der Waals surface area (Å²) < 4.78 is 13.0. The second-order valence-corrected chi connectivity index (χ2v) is 6.36. The van der Waals surface area contributed by atoms with Crippen molar-refractivity contribution in [3.05, 3.63) is 70.5 Å². The Hall–Kier alpha value is -2.40. The minimum Gasteiger partial charge on any atom is -0.339 e. The first-order chi connectivity index (χ1) is 12.0. The molecule has 3 rings (SSSR count). The van der Waals surface area contributed by atoms with E-state index in [1.54, 1.807) is 15.9 Å². The summed E-state index contributed by atoms with van der Waals surface area (Å²) in [6.07, 6.45) is 0.256. The van der Waals surface area contributed by atoms with E-state index in [-0.39, 0.29) is 24.1 Å². The summed E-state index contributed by atoms with van der Waals surface area (Å²) in [6, 6.07) is 12.8. The zero-order valence-corrected chi connectivity index (χ0v) is 14.4. The van der Waals surface area contributed by atoms with Crippen molar-refractivity contribution >= 4 is 23.4 Å². The maximum atomic E-state index is 13.0. The minimum atomic E-state index is -0.369. The van der Waals surface area contributed by atoms with E-state index in [9.17, 15) is 14.0 Å². The first-order valence-corrected chi connectivity index (χ1v) is 8.48. The van der Waals surface area contributed by atoms with Crippen LogP contribution < -0.4 is 0 Å². The van der Waals surface area contributed by atoms with Crippen molar-refractivity contribution in [3.63, 3.8) is 0 Å². The van der Waals surface area contributed by atoms with Gasteiger partial charge in [0.2, 0.25) is 5.91 Å². The lowest BCUT2D eigenvalue weighted by Gasteiger charge is -2.35. The Balaban J connectivity index is 1.56. The summed E-state index contributed by atoms with van der Waals surface area (Å²) in [5, 5.41) is 0.584. The van der Waals surface area contributed by atoms with Crippen molar-refractivity contribution in [3.8, 4) is 0 Å². The van der Waals surface area contributed by atoms with Gasteiger partial charge in [0.1, 0.15) is 5.82 Å². The normalized spacial score (nSPS) is 14.5. The Bertz CT molecular complexity index is 771. The van der Waals surface area contributed by atoms with E-state index >= 15 is 0 Å². The first kappa shape index (κ1) is 17.4. The van der Waals surface area contributed by atoms with Gasteiger partial charge >= 0.3 is 0 Å². The number of hydrogen-bond donors (Lipinski definition) is 0. The SMILES string of the molecule is O=C(Cc1ccccc1Cl)N1CCN(C(=O)c2ccc(F)cc2)CC1. The van der Waals surface area contributed by atoms with Crippen LogP contribution >= 0.6 is 11.6 Å². The highest BCUT2D eigenvalue weighted by molar-refractivity contribution is 6.31. The molecular formula is C19H18ClFN2O2. The molecule has 25 heavy (non-hydrogen) atoms. The molecule has 1 saturated heterocycles. The van der Waals surface area contributed by atoms with Crippen LogP contribution in [0.4, 0.5) is 4.39 Å². The molecule has 2 aromatic rings. The predicted octanol–water partition coefficient (Wildman–Crippen LogP) is 3.01. The molecule has 2 amide bonds. The van der Waals surface area contributed by atoms with E-state index in [2.05, 4.69) is 0 Å². The number of halogens is 2. The van der Waals surface area contributed by atoms with Crippen LogP contribution in [0, 0.1) is 5.82 Å². The van der Waals surface area contributed by atoms with E-state index in [1.165, 1.54) is 24.3 Å². The third-order valence-corrected chi connectivity index (χ3v) is 4.68. The molecule has 0 spiro atoms. The van der Waals surface area contributed by atoms with Crippen molar-refractivity contribution in [2.24, 2.45) is 0 Å². The smallest absolute Gasteiger partial charge is 0.253 e. The lowest BCUT2D eigenvalue weighted by molar-refractivity contribution is -0.131. The lowest BCUT2D eigenvalue weighted by atomic mass is 10.1. The molecule has 1 aliphatic rings. The van der Waals surface area contributed by atoms with E-state index in [1.807, 2.05) is 18.2 Å². The molecule has 0 saturated carbocycles. The topological polar surface area (TPSA) is 40.6 Å². The van der Waals surface area contributed by atoms with Crippen LogP contribution in [-0.4, -0.2) is 47.8 Å². The average Bonchev–Trinajstić information content (AvgIpc) is 2.64. The van der Waals surface area contributed by atoms with Gasteiger partial charge in [-0.15, -0.1) is 0 Å². The summed E-state index contributed by atoms with van der Waals surface area (Å²) in [7, 11) is 0. The maximum Gasteiger partial charge on any atom is 0.253 e. The molecule has 1 aliphatic heterocycles. The van der Waals surface area contributed by atoms with E-state index in [0.29, 0.717) is 36.8 Å². The number of piperazine rings is 1. The van der Waals surface area contributed by atoms with Gasteiger partial charge < -0.3 is 9.80 Å². The van der Waals surface area contributed by atoms with Gasteiger partial charge in [0.25, 0.3) is 5.91 Å². The van der Waals surface area contributed by atoms with E-state index in [0.717, 1.165) is 5.56 Å². The van der Waals surface area contributed by atoms with Gasteiger partial charge in [-0.3, -0.25) is 9.59 Å². The number of nitrogens with zero attached hydrogens (tertiary/aromatic N) is 2. The number of carbonyl (C=O) groups is 2. The zero-order chi connectivity index (χ0) is 17.8. The van der Waals surface area contributed by atoms with Crippen molar-refractivity contribution in [1.29, 1.82) is 0 Å². The van der Waals surface area contributed by atoms with Crippen molar-refractivity contribution in [1.82, 2.24) is 9.80 Å². The molecule has 0 N–H and O–H groups in total. The van der Waals surface area contributed by atoms with E-state index in [4.69, 9.17) is 11.6 Å². The second-order valence-electron chi connectivity index (χ2n) is 5.95. The van der Waals surface area contributed by atoms with Crippen molar-refractivity contribution in [2.45, 2.75) is 6.42 Å². The average molecular weight is 361 g/mol. The lowest BCUT2D eigenvalue weighted by Crippen LogP contribution is -2.51. The highest BCUT2D eigenvalue weighted by Gasteiger charge is 2.25. The third kappa shape index (κ3) is 4.17. The number of benzene rings is 2. The molecule has 6 heteroatoms. The van der Waals surface area contributed by atoms with Gasteiger partial charge in [0.05, 0.1) is 6.42 Å². The summed E-state index contributed by atoms with van der Waals surface area (Å²) >= 11 is 6.10. The number of carbonyl (C=O) groups excluding carboxylic acids is 2. The molecule has 0 radical (unpaired) electrons. The van der Waals surface area contributed by atoms with Gasteiger partial charge in [-0.05, 0) is 35.9 Å². The Labute approximate surface area is 150 Å². The predicted molar refractivity (Wildman–Crippen MR) is 94.0 cm³/mol. The fraction of sp³-hybridized carbons (Fsp3) is 0.263. The largest absolute Gasteiger partial charge is 0.339 e. The monoisotopic (exact) mass is 360 g/mol. The highest BCUT2D eigenvalue weighted by atomic mass is 35.5. The van der Waals surface area contributed by atoms with Crippen LogP contribution in [0.3, 0.4) is 0 Å². The molecule has 4 nitrogen and oxygen atoms in total. The zero-order valence-electron chi connectivity index (χ0n) is 13.6. The minimum absolute atomic E-state index is 0.00183. The standard InChI is InChI=1S/C19H18ClFN2O2/c20-17-4-2-1-3-15(17)13-18(24)22-9-11-23(12-10-22)19(25)14-5-7-16(21)8-6-14/h1-8H,9-13H2. The van der Waals surface area contributed by atoms with Gasteiger partial charge in [0, 0.05) is 36.8 Å². The summed E-state index contributed by atoms with van der Waals surface area (Å²) in [6.45, 7) is 1.89.